The lowest BCUT2D eigenvalue weighted by molar-refractivity contribution is -0.134. The Balaban J connectivity index is 2.66. The summed E-state index contributed by atoms with van der Waals surface area (Å²) in [6, 6.07) is 4.95. The molecule has 0 saturated heterocycles. The van der Waals surface area contributed by atoms with Crippen LogP contribution in [-0.4, -0.2) is 37.5 Å². The Bertz CT molecular complexity index is 729. The maximum atomic E-state index is 12.3. The van der Waals surface area contributed by atoms with Crippen molar-refractivity contribution in [1.29, 1.82) is 0 Å². The van der Waals surface area contributed by atoms with Crippen molar-refractivity contribution in [3.8, 4) is 0 Å². The van der Waals surface area contributed by atoms with E-state index in [1.807, 2.05) is 0 Å². The molecule has 148 valence electrons. The van der Waals surface area contributed by atoms with Crippen molar-refractivity contribution in [2.24, 2.45) is 0 Å². The highest BCUT2D eigenvalue weighted by Crippen LogP contribution is 2.26. The van der Waals surface area contributed by atoms with Crippen molar-refractivity contribution < 1.29 is 26.4 Å². The number of alkyl halides is 3. The fraction of sp³-hybridized carbons (Fsp3) is 0.562. The van der Waals surface area contributed by atoms with E-state index in [4.69, 9.17) is 23.2 Å². The van der Waals surface area contributed by atoms with Crippen LogP contribution in [-0.2, 0) is 21.1 Å². The van der Waals surface area contributed by atoms with Crippen LogP contribution >= 0.6 is 23.2 Å². The summed E-state index contributed by atoms with van der Waals surface area (Å²) in [5.41, 5.74) is 0.613. The van der Waals surface area contributed by atoms with Crippen LogP contribution in [0, 0.1) is 0 Å². The number of rotatable bonds is 8. The van der Waals surface area contributed by atoms with Gasteiger partial charge in [-0.2, -0.15) is 13.2 Å². The van der Waals surface area contributed by atoms with E-state index in [1.54, 1.807) is 18.2 Å². The summed E-state index contributed by atoms with van der Waals surface area (Å²) in [4.78, 5) is 12.3. The van der Waals surface area contributed by atoms with E-state index in [0.29, 0.717) is 15.6 Å². The number of sulfone groups is 1. The Hall–Kier alpha value is -0.990. The molecule has 26 heavy (non-hydrogen) atoms. The summed E-state index contributed by atoms with van der Waals surface area (Å²) in [5.74, 6) is -1.50. The summed E-state index contributed by atoms with van der Waals surface area (Å²) < 4.78 is 59.2. The summed E-state index contributed by atoms with van der Waals surface area (Å²) in [6.45, 7) is 2.44. The summed E-state index contributed by atoms with van der Waals surface area (Å²) >= 11 is 12.0. The average Bonchev–Trinajstić information content (AvgIpc) is 2.48. The molecule has 1 aromatic carbocycles. The Morgan fingerprint density at radius 3 is 2.19 bits per heavy atom. The van der Waals surface area contributed by atoms with Crippen LogP contribution in [0.5, 0.6) is 0 Å². The van der Waals surface area contributed by atoms with Gasteiger partial charge in [0.1, 0.15) is 4.75 Å². The maximum absolute atomic E-state index is 12.3. The van der Waals surface area contributed by atoms with Crippen molar-refractivity contribution >= 4 is 38.9 Å². The summed E-state index contributed by atoms with van der Waals surface area (Å²) in [5, 5.41) is 3.33. The van der Waals surface area contributed by atoms with Crippen molar-refractivity contribution in [3.05, 3.63) is 33.8 Å². The molecule has 0 aliphatic rings. The van der Waals surface area contributed by atoms with Crippen molar-refractivity contribution in [2.45, 2.75) is 44.0 Å². The number of hydrogen-bond donors (Lipinski definition) is 1. The van der Waals surface area contributed by atoms with Gasteiger partial charge in [-0.1, -0.05) is 29.3 Å². The molecule has 0 radical (unpaired) electrons. The molecule has 0 fully saturated rings. The van der Waals surface area contributed by atoms with Gasteiger partial charge >= 0.3 is 6.18 Å². The minimum atomic E-state index is -4.43. The molecule has 0 atom stereocenters. The van der Waals surface area contributed by atoms with E-state index in [9.17, 15) is 26.4 Å². The van der Waals surface area contributed by atoms with E-state index in [-0.39, 0.29) is 13.0 Å². The normalized spacial score (nSPS) is 12.9. The molecule has 0 aliphatic heterocycles. The highest BCUT2D eigenvalue weighted by atomic mass is 35.5. The number of nitrogens with one attached hydrogen (secondary N) is 1. The molecular formula is C16H20Cl2F3NO3S. The molecule has 1 N–H and O–H groups in total. The second kappa shape index (κ2) is 8.80. The minimum absolute atomic E-state index is 0.0871. The van der Waals surface area contributed by atoms with Crippen LogP contribution in [0.25, 0.3) is 0 Å². The lowest BCUT2D eigenvalue weighted by Gasteiger charge is -2.24. The van der Waals surface area contributed by atoms with Gasteiger partial charge in [0.2, 0.25) is 5.91 Å². The van der Waals surface area contributed by atoms with E-state index in [1.165, 1.54) is 13.8 Å². The standard InChI is InChI=1S/C16H20Cl2F3NO3S/c1-15(2,26(24,25)10-4-8-16(19,20)21)14(23)22-9-7-11-12(17)5-3-6-13(11)18/h3,5-6H,4,7-10H2,1-2H3,(H,22,23). The highest BCUT2D eigenvalue weighted by molar-refractivity contribution is 7.93. The van der Waals surface area contributed by atoms with Crippen LogP contribution < -0.4 is 5.32 Å². The monoisotopic (exact) mass is 433 g/mol. The molecule has 10 heteroatoms. The fourth-order valence-corrected chi connectivity index (χ4v) is 4.12. The zero-order valence-electron chi connectivity index (χ0n) is 14.3. The first-order chi connectivity index (χ1) is 11.8. The predicted octanol–water partition coefficient (Wildman–Crippen LogP) is 4.19. The Morgan fingerprint density at radius 1 is 1.15 bits per heavy atom. The minimum Gasteiger partial charge on any atom is -0.354 e. The molecule has 0 heterocycles. The zero-order valence-corrected chi connectivity index (χ0v) is 16.6. The molecule has 0 spiro atoms. The van der Waals surface area contributed by atoms with Crippen molar-refractivity contribution in [3.63, 3.8) is 0 Å². The van der Waals surface area contributed by atoms with Crippen molar-refractivity contribution in [1.82, 2.24) is 5.32 Å². The van der Waals surface area contributed by atoms with Gasteiger partial charge in [-0.25, -0.2) is 8.42 Å². The molecule has 0 saturated carbocycles. The molecule has 0 aromatic heterocycles. The molecular weight excluding hydrogens is 414 g/mol. The molecule has 1 rings (SSSR count). The smallest absolute Gasteiger partial charge is 0.354 e. The fourth-order valence-electron chi connectivity index (χ4n) is 2.14. The van der Waals surface area contributed by atoms with Gasteiger partial charge in [0.05, 0.1) is 5.75 Å². The third kappa shape index (κ3) is 6.32. The number of amides is 1. The zero-order chi connectivity index (χ0) is 20.2. The van der Waals surface area contributed by atoms with Crippen LogP contribution in [0.1, 0.15) is 32.3 Å². The van der Waals surface area contributed by atoms with Gasteiger partial charge in [-0.15, -0.1) is 0 Å². The largest absolute Gasteiger partial charge is 0.389 e. The van der Waals surface area contributed by atoms with Crippen LogP contribution in [0.15, 0.2) is 18.2 Å². The molecule has 0 bridgehead atoms. The predicted molar refractivity (Wildman–Crippen MR) is 96.3 cm³/mol. The number of carbonyl (C=O) groups is 1. The first kappa shape index (κ1) is 23.0. The number of benzene rings is 1. The second-order valence-corrected chi connectivity index (χ2v) is 9.73. The van der Waals surface area contributed by atoms with E-state index in [2.05, 4.69) is 5.32 Å². The van der Waals surface area contributed by atoms with Gasteiger partial charge in [0, 0.05) is 23.0 Å². The Kier molecular flexibility index (Phi) is 7.80. The van der Waals surface area contributed by atoms with Gasteiger partial charge in [-0.05, 0) is 44.4 Å². The maximum Gasteiger partial charge on any atom is 0.389 e. The van der Waals surface area contributed by atoms with Crippen LogP contribution in [0.2, 0.25) is 10.0 Å². The first-order valence-electron chi connectivity index (χ1n) is 7.78. The van der Waals surface area contributed by atoms with Gasteiger partial charge < -0.3 is 5.32 Å². The Morgan fingerprint density at radius 2 is 1.69 bits per heavy atom. The third-order valence-corrected chi connectivity index (χ3v) is 7.19. The third-order valence-electron chi connectivity index (χ3n) is 3.92. The quantitative estimate of drug-likeness (QED) is 0.668. The molecule has 0 aliphatic carbocycles. The Labute approximate surface area is 161 Å². The molecule has 4 nitrogen and oxygen atoms in total. The van der Waals surface area contributed by atoms with E-state index >= 15 is 0 Å². The lowest BCUT2D eigenvalue weighted by Crippen LogP contribution is -2.49. The van der Waals surface area contributed by atoms with Gasteiger partial charge in [0.25, 0.3) is 0 Å². The van der Waals surface area contributed by atoms with Crippen molar-refractivity contribution in [2.75, 3.05) is 12.3 Å². The summed E-state index contributed by atoms with van der Waals surface area (Å²) in [7, 11) is -4.06. The average molecular weight is 434 g/mol. The topological polar surface area (TPSA) is 63.2 Å². The van der Waals surface area contributed by atoms with E-state index < -0.39 is 45.3 Å². The van der Waals surface area contributed by atoms with Crippen LogP contribution in [0.3, 0.4) is 0 Å². The molecule has 1 amide bonds. The van der Waals surface area contributed by atoms with Crippen LogP contribution in [0.4, 0.5) is 13.2 Å². The molecule has 0 unspecified atom stereocenters. The number of carbonyl (C=O) groups excluding carboxylic acids is 1. The summed E-state index contributed by atoms with van der Waals surface area (Å²) in [6.07, 6.45) is -5.95. The first-order valence-corrected chi connectivity index (χ1v) is 10.2. The number of hydrogen-bond acceptors (Lipinski definition) is 3. The van der Waals surface area contributed by atoms with E-state index in [0.717, 1.165) is 0 Å². The highest BCUT2D eigenvalue weighted by Gasteiger charge is 2.41. The van der Waals surface area contributed by atoms with Gasteiger partial charge in [-0.3, -0.25) is 4.79 Å². The molecule has 1 aromatic rings. The number of halogens is 5. The second-order valence-electron chi connectivity index (χ2n) is 6.25. The lowest BCUT2D eigenvalue weighted by atomic mass is 10.1. The van der Waals surface area contributed by atoms with Gasteiger partial charge in [0.15, 0.2) is 9.84 Å². The SMILES string of the molecule is CC(C)(C(=O)NCCc1c(Cl)cccc1Cl)S(=O)(=O)CCCC(F)(F)F.